The van der Waals surface area contributed by atoms with Gasteiger partial charge in [0.1, 0.15) is 24.2 Å². The van der Waals surface area contributed by atoms with Crippen LogP contribution in [0.2, 0.25) is 0 Å². The fourth-order valence-corrected chi connectivity index (χ4v) is 5.05. The van der Waals surface area contributed by atoms with Crippen LogP contribution in [0, 0.1) is 5.92 Å². The summed E-state index contributed by atoms with van der Waals surface area (Å²) in [6.07, 6.45) is 1.01. The second kappa shape index (κ2) is 23.4. The maximum atomic E-state index is 14.0. The van der Waals surface area contributed by atoms with Gasteiger partial charge in [0, 0.05) is 61.7 Å². The van der Waals surface area contributed by atoms with E-state index in [1.807, 2.05) is 45.1 Å². The van der Waals surface area contributed by atoms with E-state index in [4.69, 9.17) is 9.47 Å². The lowest BCUT2D eigenvalue weighted by molar-refractivity contribution is -0.151. The quantitative estimate of drug-likeness (QED) is 0.124. The van der Waals surface area contributed by atoms with Crippen molar-refractivity contribution < 1.29 is 47.8 Å². The maximum absolute atomic E-state index is 14.0. The molecule has 0 aromatic heterocycles. The number of imide groups is 3. The molecule has 310 valence electrons. The fourth-order valence-electron chi connectivity index (χ4n) is 5.05. The van der Waals surface area contributed by atoms with E-state index in [2.05, 4.69) is 16.0 Å². The first-order valence-corrected chi connectivity index (χ1v) is 17.9. The van der Waals surface area contributed by atoms with Crippen molar-refractivity contribution in [3.8, 4) is 0 Å². The van der Waals surface area contributed by atoms with Crippen LogP contribution >= 0.6 is 0 Å². The molecular weight excluding hydrogens is 706 g/mol. The van der Waals surface area contributed by atoms with Crippen LogP contribution in [-0.4, -0.2) is 178 Å². The van der Waals surface area contributed by atoms with Gasteiger partial charge in [-0.1, -0.05) is 20.8 Å². The predicted octanol–water partition coefficient (Wildman–Crippen LogP) is 0.429. The average Bonchev–Trinajstić information content (AvgIpc) is 3.10. The normalized spacial score (nSPS) is 13.6. The highest BCUT2D eigenvalue weighted by atomic mass is 16.5. The van der Waals surface area contributed by atoms with Gasteiger partial charge in [0.15, 0.2) is 0 Å². The molecule has 19 nitrogen and oxygen atoms in total. The van der Waals surface area contributed by atoms with Crippen LogP contribution < -0.4 is 21.3 Å². The molecule has 0 aliphatic rings. The second-order valence-corrected chi connectivity index (χ2v) is 14.5. The number of methoxy groups -OCH3 is 1. The van der Waals surface area contributed by atoms with E-state index < -0.39 is 65.6 Å². The van der Waals surface area contributed by atoms with Gasteiger partial charge in [-0.25, -0.2) is 19.3 Å². The van der Waals surface area contributed by atoms with Gasteiger partial charge in [0.05, 0.1) is 18.8 Å². The highest BCUT2D eigenvalue weighted by molar-refractivity contribution is 6.07. The summed E-state index contributed by atoms with van der Waals surface area (Å²) >= 11 is 0. The van der Waals surface area contributed by atoms with Crippen LogP contribution in [0.25, 0.3) is 0 Å². The van der Waals surface area contributed by atoms with E-state index in [9.17, 15) is 38.4 Å². The minimum atomic E-state index is -1.33. The molecule has 0 aliphatic carbocycles. The lowest BCUT2D eigenvalue weighted by atomic mass is 9.96. The molecule has 0 saturated heterocycles. The van der Waals surface area contributed by atoms with E-state index in [1.165, 1.54) is 52.0 Å². The van der Waals surface area contributed by atoms with E-state index in [1.54, 1.807) is 13.8 Å². The number of carbonyl (C=O) groups excluding carboxylic acids is 8. The Kier molecular flexibility index (Phi) is 21.5. The van der Waals surface area contributed by atoms with Crippen molar-refractivity contribution in [1.29, 1.82) is 0 Å². The predicted molar refractivity (Wildman–Crippen MR) is 201 cm³/mol. The lowest BCUT2D eigenvalue weighted by Crippen LogP contribution is -2.59. The summed E-state index contributed by atoms with van der Waals surface area (Å²) in [5, 5.41) is 8.86. The number of hydrogen-bond acceptors (Lipinski definition) is 11. The number of rotatable bonds is 20. The molecule has 0 heterocycles. The minimum absolute atomic E-state index is 0.0837. The van der Waals surface area contributed by atoms with Crippen molar-refractivity contribution in [2.24, 2.45) is 5.92 Å². The van der Waals surface area contributed by atoms with E-state index in [0.717, 1.165) is 11.9 Å². The summed E-state index contributed by atoms with van der Waals surface area (Å²) in [6, 6.07) is -7.97. The number of carbonyl (C=O) groups is 8. The molecule has 0 bridgehead atoms. The van der Waals surface area contributed by atoms with Crippen LogP contribution in [0.15, 0.2) is 0 Å². The van der Waals surface area contributed by atoms with Crippen molar-refractivity contribution in [2.45, 2.75) is 97.0 Å². The van der Waals surface area contributed by atoms with Crippen molar-refractivity contribution >= 4 is 47.6 Å². The van der Waals surface area contributed by atoms with Gasteiger partial charge in [-0.15, -0.1) is 0 Å². The third kappa shape index (κ3) is 16.3. The fraction of sp³-hybridized carbons (Fsp3) is 0.771. The maximum Gasteiger partial charge on any atom is 0.333 e. The number of nitrogens with one attached hydrogen (secondary N) is 4. The van der Waals surface area contributed by atoms with Crippen molar-refractivity contribution in [3.63, 3.8) is 0 Å². The Morgan fingerprint density at radius 2 is 1.30 bits per heavy atom. The molecule has 19 heteroatoms. The first-order chi connectivity index (χ1) is 25.0. The topological polar surface area (TPSA) is 219 Å². The molecule has 0 rings (SSSR count). The van der Waals surface area contributed by atoms with Gasteiger partial charge in [-0.3, -0.25) is 34.6 Å². The monoisotopic (exact) mass is 771 g/mol. The molecule has 0 spiro atoms. The van der Waals surface area contributed by atoms with Gasteiger partial charge in [-0.05, 0) is 53.6 Å². The zero-order chi connectivity index (χ0) is 42.1. The SMILES string of the molecule is CCCC(=O)N(C)[C@H](COCCN(C)C)C(=O)N(C)[C@@H](CC(C)(C)OC)C(=O)NC(=O)N(C)C(=O)NC(=O)N[C@H](C)C(=O)N(C)[C@H](CC(C)C)C(=O)NC. The van der Waals surface area contributed by atoms with E-state index >= 15 is 0 Å². The molecule has 0 aromatic rings. The zero-order valence-corrected chi connectivity index (χ0v) is 34.7. The molecule has 11 amide bonds. The minimum Gasteiger partial charge on any atom is -0.379 e. The molecule has 0 unspecified atom stereocenters. The van der Waals surface area contributed by atoms with E-state index in [0.29, 0.717) is 24.3 Å². The number of urea groups is 3. The number of likely N-dealkylation sites (N-methyl/N-ethyl adjacent to an activating group) is 5. The molecule has 0 aliphatic heterocycles. The standard InChI is InChI=1S/C35H65N9O10/c1-15-16-27(45)41(10)26(21-54-18-17-40(8)9)31(49)43(12)25(20-35(5,6)53-14)29(47)38-33(51)44(13)34(52)39-32(50)37-23(4)30(48)42(11)24(19-22(2)3)28(46)36-7/h22-26H,15-21H2,1-14H3,(H,36,46)(H,38,47,51)(H2,37,39,50,52)/t23-,24-,25+,26-/m1/s1. The van der Waals surface area contributed by atoms with Crippen LogP contribution in [0.3, 0.4) is 0 Å². The van der Waals surface area contributed by atoms with Crippen LogP contribution in [0.5, 0.6) is 0 Å². The van der Waals surface area contributed by atoms with Gasteiger partial charge in [0.25, 0.3) is 5.91 Å². The Morgan fingerprint density at radius 1 is 0.741 bits per heavy atom. The highest BCUT2D eigenvalue weighted by Crippen LogP contribution is 2.21. The van der Waals surface area contributed by atoms with Gasteiger partial charge >= 0.3 is 18.1 Å². The van der Waals surface area contributed by atoms with Crippen molar-refractivity contribution in [1.82, 2.24) is 45.8 Å². The molecule has 4 atom stereocenters. The van der Waals surface area contributed by atoms with Gasteiger partial charge < -0.3 is 39.7 Å². The van der Waals surface area contributed by atoms with Crippen molar-refractivity contribution in [2.75, 3.05) is 76.2 Å². The molecule has 54 heavy (non-hydrogen) atoms. The molecule has 0 radical (unpaired) electrons. The Hall–Kier alpha value is -4.36. The molecule has 4 N–H and O–H groups in total. The second-order valence-electron chi connectivity index (χ2n) is 14.5. The van der Waals surface area contributed by atoms with Crippen LogP contribution in [0.4, 0.5) is 14.4 Å². The van der Waals surface area contributed by atoms with Crippen LogP contribution in [-0.2, 0) is 33.4 Å². The largest absolute Gasteiger partial charge is 0.379 e. The summed E-state index contributed by atoms with van der Waals surface area (Å²) in [6.45, 7) is 11.0. The summed E-state index contributed by atoms with van der Waals surface area (Å²) in [5.74, 6) is -2.79. The highest BCUT2D eigenvalue weighted by Gasteiger charge is 2.39. The summed E-state index contributed by atoms with van der Waals surface area (Å²) in [7, 11) is 11.9. The molecular formula is C35H65N9O10. The summed E-state index contributed by atoms with van der Waals surface area (Å²) in [4.78, 5) is 110. The first-order valence-electron chi connectivity index (χ1n) is 17.9. The summed E-state index contributed by atoms with van der Waals surface area (Å²) < 4.78 is 11.3. The number of hydrogen-bond donors (Lipinski definition) is 4. The number of amides is 11. The third-order valence-electron chi connectivity index (χ3n) is 8.76. The van der Waals surface area contributed by atoms with Gasteiger partial charge in [0.2, 0.25) is 23.6 Å². The smallest absolute Gasteiger partial charge is 0.333 e. The lowest BCUT2D eigenvalue weighted by Gasteiger charge is -2.37. The molecule has 0 aromatic carbocycles. The van der Waals surface area contributed by atoms with E-state index in [-0.39, 0.29) is 43.8 Å². The molecule has 0 fully saturated rings. The Balaban J connectivity index is 5.95. The summed E-state index contributed by atoms with van der Waals surface area (Å²) in [5.41, 5.74) is -0.972. The Labute approximate surface area is 320 Å². The first kappa shape index (κ1) is 49.6. The van der Waals surface area contributed by atoms with Crippen LogP contribution in [0.1, 0.15) is 67.2 Å². The number of ether oxygens (including phenoxy) is 2. The van der Waals surface area contributed by atoms with Crippen molar-refractivity contribution in [3.05, 3.63) is 0 Å². The molecule has 0 saturated carbocycles. The third-order valence-corrected chi connectivity index (χ3v) is 8.76. The zero-order valence-electron chi connectivity index (χ0n) is 34.7. The Bertz CT molecular complexity index is 1310. The number of nitrogens with zero attached hydrogens (tertiary/aromatic N) is 5. The average molecular weight is 772 g/mol. The Morgan fingerprint density at radius 3 is 1.80 bits per heavy atom. The van der Waals surface area contributed by atoms with Gasteiger partial charge in [-0.2, -0.15) is 0 Å².